The molecule has 0 heterocycles. The van der Waals surface area contributed by atoms with Crippen molar-refractivity contribution in [2.24, 2.45) is 0 Å². The molecule has 6 heteroatoms. The second-order valence-corrected chi connectivity index (χ2v) is 31.6. The van der Waals surface area contributed by atoms with Crippen molar-refractivity contribution in [1.29, 1.82) is 0 Å². The minimum atomic E-state index is -0.842. The van der Waals surface area contributed by atoms with Gasteiger partial charge in [0, 0.05) is 12.8 Å². The van der Waals surface area contributed by atoms with Crippen molar-refractivity contribution in [2.45, 2.75) is 540 Å². The number of nitrogens with one attached hydrogen (secondary N) is 1. The number of hydrogen-bond donors (Lipinski definition) is 3. The van der Waals surface area contributed by atoms with Crippen LogP contribution in [0.5, 0.6) is 0 Å². The molecule has 0 aliphatic rings. The highest BCUT2D eigenvalue weighted by atomic mass is 16.5. The summed E-state index contributed by atoms with van der Waals surface area (Å²) in [7, 11) is 0. The fourth-order valence-corrected chi connectivity index (χ4v) is 14.8. The summed E-state index contributed by atoms with van der Waals surface area (Å²) < 4.78 is 5.52. The van der Waals surface area contributed by atoms with E-state index in [1.807, 2.05) is 6.08 Å². The zero-order chi connectivity index (χ0) is 70.5. The number of esters is 1. The molecule has 0 fully saturated rings. The Labute approximate surface area is 615 Å². The Kier molecular flexibility index (Phi) is 86.3. The Morgan fingerprint density at radius 1 is 0.276 bits per heavy atom. The van der Waals surface area contributed by atoms with Crippen LogP contribution in [-0.2, 0) is 14.3 Å². The van der Waals surface area contributed by atoms with Gasteiger partial charge in [0.25, 0.3) is 0 Å². The molecule has 0 radical (unpaired) electrons. The van der Waals surface area contributed by atoms with Crippen molar-refractivity contribution in [2.75, 3.05) is 13.2 Å². The maximum atomic E-state index is 12.6. The summed E-state index contributed by atoms with van der Waals surface area (Å²) in [5.74, 6) is -0.0335. The number of rotatable bonds is 87. The normalized spacial score (nSPS) is 12.5. The standard InChI is InChI=1S/C92H179NO5/c1-3-5-7-9-11-13-15-17-19-21-23-24-25-43-46-49-52-56-60-64-68-72-76-80-84-90(95)89(88-94)93-91(96)85-81-77-73-69-65-61-57-53-50-47-44-41-39-37-35-33-31-29-27-26-28-30-32-34-36-38-40-42-45-48-51-55-59-63-67-71-75-79-83-87-98-92(97)86-82-78-74-70-66-62-58-54-22-20-18-16-14-12-10-8-6-4-2/h20,22,80,84,89-90,94-95H,3-19,21,23-79,81-83,85-88H2,1-2H3,(H,93,96)/b22-20-,84-80+. The second-order valence-electron chi connectivity index (χ2n) is 31.6. The molecule has 2 unspecified atom stereocenters. The Morgan fingerprint density at radius 2 is 0.480 bits per heavy atom. The summed E-state index contributed by atoms with van der Waals surface area (Å²) in [6, 6.07) is -0.625. The van der Waals surface area contributed by atoms with E-state index in [0.717, 1.165) is 38.5 Å². The lowest BCUT2D eigenvalue weighted by Crippen LogP contribution is -2.45. The predicted molar refractivity (Wildman–Crippen MR) is 435 cm³/mol. The van der Waals surface area contributed by atoms with Crippen LogP contribution in [0, 0.1) is 0 Å². The maximum absolute atomic E-state index is 12.6. The maximum Gasteiger partial charge on any atom is 0.305 e. The van der Waals surface area contributed by atoms with E-state index in [9.17, 15) is 19.8 Å². The molecule has 0 aromatic carbocycles. The van der Waals surface area contributed by atoms with Gasteiger partial charge < -0.3 is 20.3 Å². The minimum absolute atomic E-state index is 0.0223. The van der Waals surface area contributed by atoms with E-state index in [2.05, 4.69) is 31.3 Å². The topological polar surface area (TPSA) is 95.9 Å². The Hall–Kier alpha value is -1.66. The predicted octanol–water partition coefficient (Wildman–Crippen LogP) is 30.7. The third-order valence-electron chi connectivity index (χ3n) is 21.7. The zero-order valence-electron chi connectivity index (χ0n) is 67.1. The summed E-state index contributed by atoms with van der Waals surface area (Å²) >= 11 is 0. The van der Waals surface area contributed by atoms with Crippen molar-refractivity contribution in [1.82, 2.24) is 5.32 Å². The molecule has 0 aromatic rings. The number of ether oxygens (including phenoxy) is 1. The zero-order valence-corrected chi connectivity index (χ0v) is 67.1. The van der Waals surface area contributed by atoms with Gasteiger partial charge in [0.2, 0.25) is 5.91 Å². The number of carbonyl (C=O) groups is 2. The first-order valence-corrected chi connectivity index (χ1v) is 45.6. The van der Waals surface area contributed by atoms with Gasteiger partial charge in [-0.2, -0.15) is 0 Å². The molecular formula is C92H179NO5. The second kappa shape index (κ2) is 87.7. The number of amides is 1. The first-order valence-electron chi connectivity index (χ1n) is 45.6. The van der Waals surface area contributed by atoms with Gasteiger partial charge in [0.15, 0.2) is 0 Å². The Morgan fingerprint density at radius 3 is 0.724 bits per heavy atom. The molecule has 1 amide bonds. The highest BCUT2D eigenvalue weighted by Crippen LogP contribution is 2.21. The van der Waals surface area contributed by atoms with Crippen LogP contribution in [0.3, 0.4) is 0 Å². The van der Waals surface area contributed by atoms with Crippen LogP contribution >= 0.6 is 0 Å². The number of unbranched alkanes of at least 4 members (excludes halogenated alkanes) is 74. The average molecular weight is 1380 g/mol. The first kappa shape index (κ1) is 96.3. The van der Waals surface area contributed by atoms with E-state index in [1.54, 1.807) is 6.08 Å². The lowest BCUT2D eigenvalue weighted by atomic mass is 10.0. The molecule has 6 nitrogen and oxygen atoms in total. The summed E-state index contributed by atoms with van der Waals surface area (Å²) in [5, 5.41) is 23.4. The molecule has 0 saturated carbocycles. The van der Waals surface area contributed by atoms with E-state index in [1.165, 1.54) is 462 Å². The van der Waals surface area contributed by atoms with E-state index >= 15 is 0 Å². The van der Waals surface area contributed by atoms with Gasteiger partial charge in [-0.15, -0.1) is 0 Å². The molecular weight excluding hydrogens is 1200 g/mol. The van der Waals surface area contributed by atoms with Crippen LogP contribution in [0.4, 0.5) is 0 Å². The van der Waals surface area contributed by atoms with Gasteiger partial charge in [-0.25, -0.2) is 0 Å². The lowest BCUT2D eigenvalue weighted by Gasteiger charge is -2.20. The quantitative estimate of drug-likeness (QED) is 0.0320. The van der Waals surface area contributed by atoms with E-state index < -0.39 is 12.1 Å². The fourth-order valence-electron chi connectivity index (χ4n) is 14.8. The molecule has 2 atom stereocenters. The fraction of sp³-hybridized carbons (Fsp3) is 0.935. The van der Waals surface area contributed by atoms with Crippen LogP contribution < -0.4 is 5.32 Å². The van der Waals surface area contributed by atoms with Gasteiger partial charge in [-0.3, -0.25) is 9.59 Å². The van der Waals surface area contributed by atoms with Crippen LogP contribution in [0.25, 0.3) is 0 Å². The number of hydrogen-bond acceptors (Lipinski definition) is 5. The smallest absolute Gasteiger partial charge is 0.305 e. The van der Waals surface area contributed by atoms with Crippen LogP contribution in [0.2, 0.25) is 0 Å². The van der Waals surface area contributed by atoms with Crippen molar-refractivity contribution >= 4 is 11.9 Å². The SMILES string of the molecule is CCCCCCCCC/C=C\CCCCCCCCCC(=O)OCCCCCCCCCCCCCCCCCCCCCCCCCCCCCCCCCCCCCCCCCC(=O)NC(CO)C(O)/C=C/CCCCCCCCCCCCCCCCCCCCCCCC. The van der Waals surface area contributed by atoms with Gasteiger partial charge in [-0.1, -0.05) is 481 Å². The monoisotopic (exact) mass is 1380 g/mol. The molecule has 3 N–H and O–H groups in total. The summed E-state index contributed by atoms with van der Waals surface area (Å²) in [6.07, 6.45) is 115. The lowest BCUT2D eigenvalue weighted by molar-refractivity contribution is -0.143. The van der Waals surface area contributed by atoms with Gasteiger partial charge in [0.1, 0.15) is 0 Å². The number of aliphatic hydroxyl groups excluding tert-OH is 2. The molecule has 0 aliphatic carbocycles. The van der Waals surface area contributed by atoms with Crippen LogP contribution in [0.1, 0.15) is 528 Å². The Balaban J connectivity index is 3.31. The van der Waals surface area contributed by atoms with E-state index in [-0.39, 0.29) is 18.5 Å². The van der Waals surface area contributed by atoms with Crippen molar-refractivity contribution in [3.8, 4) is 0 Å². The van der Waals surface area contributed by atoms with Crippen molar-refractivity contribution in [3.63, 3.8) is 0 Å². The third-order valence-corrected chi connectivity index (χ3v) is 21.7. The van der Waals surface area contributed by atoms with Crippen molar-refractivity contribution < 1.29 is 24.5 Å². The number of carbonyl (C=O) groups excluding carboxylic acids is 2. The van der Waals surface area contributed by atoms with Crippen LogP contribution in [0.15, 0.2) is 24.3 Å². The largest absolute Gasteiger partial charge is 0.466 e. The Bertz CT molecular complexity index is 1550. The molecule has 0 rings (SSSR count). The third kappa shape index (κ3) is 83.3. The average Bonchev–Trinajstić information content (AvgIpc) is 1.88. The molecule has 0 aliphatic heterocycles. The van der Waals surface area contributed by atoms with E-state index in [0.29, 0.717) is 19.4 Å². The van der Waals surface area contributed by atoms with Crippen molar-refractivity contribution in [3.05, 3.63) is 24.3 Å². The molecule has 0 saturated heterocycles. The molecule has 0 spiro atoms. The number of allylic oxidation sites excluding steroid dienone is 3. The van der Waals surface area contributed by atoms with Crippen LogP contribution in [-0.4, -0.2) is 47.4 Å². The summed E-state index contributed by atoms with van der Waals surface area (Å²) in [5.41, 5.74) is 0. The highest BCUT2D eigenvalue weighted by molar-refractivity contribution is 5.76. The van der Waals surface area contributed by atoms with Gasteiger partial charge >= 0.3 is 5.97 Å². The minimum Gasteiger partial charge on any atom is -0.466 e. The van der Waals surface area contributed by atoms with Gasteiger partial charge in [-0.05, 0) is 57.8 Å². The summed E-state index contributed by atoms with van der Waals surface area (Å²) in [4.78, 5) is 24.7. The highest BCUT2D eigenvalue weighted by Gasteiger charge is 2.18. The van der Waals surface area contributed by atoms with Gasteiger partial charge in [0.05, 0.1) is 25.4 Å². The molecule has 0 bridgehead atoms. The van der Waals surface area contributed by atoms with E-state index in [4.69, 9.17) is 4.74 Å². The first-order chi connectivity index (χ1) is 48.5. The molecule has 0 aromatic heterocycles. The summed E-state index contributed by atoms with van der Waals surface area (Å²) in [6.45, 7) is 4.97. The number of aliphatic hydroxyl groups is 2. The molecule has 582 valence electrons. The molecule has 98 heavy (non-hydrogen) atoms.